The number of nitrogens with zero attached hydrogens (tertiary/aromatic N) is 1. The first kappa shape index (κ1) is 13.5. The van der Waals surface area contributed by atoms with E-state index in [0.29, 0.717) is 12.3 Å². The van der Waals surface area contributed by atoms with Crippen molar-refractivity contribution >= 4 is 22.4 Å². The van der Waals surface area contributed by atoms with E-state index >= 15 is 0 Å². The lowest BCUT2D eigenvalue weighted by atomic mass is 10.0. The number of hydrogen-bond donors (Lipinski definition) is 2. The summed E-state index contributed by atoms with van der Waals surface area (Å²) in [5, 5.41) is 4.92. The van der Waals surface area contributed by atoms with Crippen LogP contribution in [0.4, 0.5) is 5.69 Å². The van der Waals surface area contributed by atoms with Crippen LogP contribution < -0.4 is 11.1 Å². The number of anilines is 1. The minimum absolute atomic E-state index is 0.0505. The van der Waals surface area contributed by atoms with Crippen molar-refractivity contribution in [3.05, 3.63) is 36.7 Å². The van der Waals surface area contributed by atoms with E-state index in [4.69, 9.17) is 5.73 Å². The van der Waals surface area contributed by atoms with Gasteiger partial charge in [-0.1, -0.05) is 26.0 Å². The third kappa shape index (κ3) is 3.29. The highest BCUT2D eigenvalue weighted by Crippen LogP contribution is 2.22. The smallest absolute Gasteiger partial charge is 0.225 e. The summed E-state index contributed by atoms with van der Waals surface area (Å²) in [4.78, 5) is 16.0. The van der Waals surface area contributed by atoms with Crippen LogP contribution in [0.3, 0.4) is 0 Å². The zero-order chi connectivity index (χ0) is 13.8. The molecule has 0 saturated heterocycles. The topological polar surface area (TPSA) is 68.0 Å². The summed E-state index contributed by atoms with van der Waals surface area (Å²) in [7, 11) is 0. The molecular weight excluding hydrogens is 238 g/mol. The van der Waals surface area contributed by atoms with Gasteiger partial charge in [0.25, 0.3) is 0 Å². The molecule has 0 spiro atoms. The number of fused-ring (bicyclic) bond motifs is 1. The average Bonchev–Trinajstić information content (AvgIpc) is 2.39. The lowest BCUT2D eigenvalue weighted by Crippen LogP contribution is -2.31. The Morgan fingerprint density at radius 2 is 2.16 bits per heavy atom. The summed E-state index contributed by atoms with van der Waals surface area (Å²) >= 11 is 0. The molecule has 0 aliphatic carbocycles. The molecular formula is C15H19N3O. The van der Waals surface area contributed by atoms with Crippen molar-refractivity contribution in [2.45, 2.75) is 26.3 Å². The van der Waals surface area contributed by atoms with Crippen LogP contribution >= 0.6 is 0 Å². The molecule has 4 heteroatoms. The zero-order valence-corrected chi connectivity index (χ0v) is 11.3. The van der Waals surface area contributed by atoms with Crippen LogP contribution in [0.1, 0.15) is 20.3 Å². The number of carbonyl (C=O) groups excluding carboxylic acids is 1. The molecule has 19 heavy (non-hydrogen) atoms. The molecule has 4 nitrogen and oxygen atoms in total. The summed E-state index contributed by atoms with van der Waals surface area (Å²) in [5.74, 6) is 0.243. The minimum atomic E-state index is -0.114. The predicted molar refractivity (Wildman–Crippen MR) is 77.8 cm³/mol. The van der Waals surface area contributed by atoms with Crippen molar-refractivity contribution in [3.8, 4) is 0 Å². The Morgan fingerprint density at radius 3 is 2.89 bits per heavy atom. The number of carbonyl (C=O) groups is 1. The summed E-state index contributed by atoms with van der Waals surface area (Å²) in [6.07, 6.45) is 3.84. The highest BCUT2D eigenvalue weighted by molar-refractivity contribution is 6.01. The van der Waals surface area contributed by atoms with Crippen molar-refractivity contribution in [1.82, 2.24) is 4.98 Å². The normalized spacial score (nSPS) is 12.6. The van der Waals surface area contributed by atoms with Crippen LogP contribution in [0.5, 0.6) is 0 Å². The first-order valence-electron chi connectivity index (χ1n) is 6.46. The Bertz CT molecular complexity index is 575. The van der Waals surface area contributed by atoms with Gasteiger partial charge in [-0.2, -0.15) is 0 Å². The zero-order valence-electron chi connectivity index (χ0n) is 11.3. The van der Waals surface area contributed by atoms with Gasteiger partial charge in [-0.3, -0.25) is 9.78 Å². The summed E-state index contributed by atoms with van der Waals surface area (Å²) in [6.45, 7) is 4.03. The van der Waals surface area contributed by atoms with Crippen molar-refractivity contribution in [2.75, 3.05) is 5.32 Å². The third-order valence-electron chi connectivity index (χ3n) is 3.23. The fourth-order valence-electron chi connectivity index (χ4n) is 1.88. The SMILES string of the molecule is CC(C)C(N)CC(=O)Nc1cccc2cnccc12. The van der Waals surface area contributed by atoms with E-state index in [2.05, 4.69) is 10.3 Å². The van der Waals surface area contributed by atoms with Crippen molar-refractivity contribution in [2.24, 2.45) is 11.7 Å². The van der Waals surface area contributed by atoms with E-state index < -0.39 is 0 Å². The maximum atomic E-state index is 12.0. The predicted octanol–water partition coefficient (Wildman–Crippen LogP) is 2.55. The lowest BCUT2D eigenvalue weighted by molar-refractivity contribution is -0.116. The van der Waals surface area contributed by atoms with Gasteiger partial charge in [-0.15, -0.1) is 0 Å². The first-order valence-corrected chi connectivity index (χ1v) is 6.46. The lowest BCUT2D eigenvalue weighted by Gasteiger charge is -2.15. The van der Waals surface area contributed by atoms with E-state index in [9.17, 15) is 4.79 Å². The second kappa shape index (κ2) is 5.80. The molecule has 1 amide bonds. The number of aromatic nitrogens is 1. The van der Waals surface area contributed by atoms with Gasteiger partial charge in [0.05, 0.1) is 0 Å². The van der Waals surface area contributed by atoms with Gasteiger partial charge in [0, 0.05) is 41.3 Å². The highest BCUT2D eigenvalue weighted by Gasteiger charge is 2.13. The fourth-order valence-corrected chi connectivity index (χ4v) is 1.88. The Hall–Kier alpha value is -1.94. The van der Waals surface area contributed by atoms with Gasteiger partial charge in [-0.25, -0.2) is 0 Å². The number of pyridine rings is 1. The molecule has 3 N–H and O–H groups in total. The maximum absolute atomic E-state index is 12.0. The molecule has 1 aromatic heterocycles. The Kier molecular flexibility index (Phi) is 4.12. The molecule has 1 heterocycles. The summed E-state index contributed by atoms with van der Waals surface area (Å²) < 4.78 is 0. The van der Waals surface area contributed by atoms with Crippen molar-refractivity contribution < 1.29 is 4.79 Å². The molecule has 1 aromatic carbocycles. The molecule has 0 saturated carbocycles. The quantitative estimate of drug-likeness (QED) is 0.884. The van der Waals surface area contributed by atoms with Crippen LogP contribution in [-0.2, 0) is 4.79 Å². The molecule has 2 rings (SSSR count). The number of hydrogen-bond acceptors (Lipinski definition) is 3. The van der Waals surface area contributed by atoms with Gasteiger partial charge in [0.1, 0.15) is 0 Å². The van der Waals surface area contributed by atoms with Crippen LogP contribution in [0.2, 0.25) is 0 Å². The number of nitrogens with two attached hydrogens (primary N) is 1. The van der Waals surface area contributed by atoms with Gasteiger partial charge < -0.3 is 11.1 Å². The van der Waals surface area contributed by atoms with Gasteiger partial charge in [0.2, 0.25) is 5.91 Å². The number of rotatable bonds is 4. The monoisotopic (exact) mass is 257 g/mol. The van der Waals surface area contributed by atoms with Gasteiger partial charge in [0.15, 0.2) is 0 Å². The van der Waals surface area contributed by atoms with Crippen LogP contribution in [0, 0.1) is 5.92 Å². The molecule has 0 fully saturated rings. The third-order valence-corrected chi connectivity index (χ3v) is 3.23. The molecule has 0 bridgehead atoms. The molecule has 0 aliphatic rings. The molecule has 0 radical (unpaired) electrons. The van der Waals surface area contributed by atoms with E-state index in [1.165, 1.54) is 0 Å². The Morgan fingerprint density at radius 1 is 1.37 bits per heavy atom. The van der Waals surface area contributed by atoms with E-state index in [-0.39, 0.29) is 11.9 Å². The summed E-state index contributed by atoms with van der Waals surface area (Å²) in [6, 6.07) is 7.55. The fraction of sp³-hybridized carbons (Fsp3) is 0.333. The van der Waals surface area contributed by atoms with Crippen LogP contribution in [0.15, 0.2) is 36.7 Å². The standard InChI is InChI=1S/C15H19N3O/c1-10(2)13(16)8-15(19)18-14-5-3-4-11-9-17-7-6-12(11)14/h3-7,9-10,13H,8,16H2,1-2H3,(H,18,19). The van der Waals surface area contributed by atoms with Crippen LogP contribution in [0.25, 0.3) is 10.8 Å². The Labute approximate surface area is 113 Å². The first-order chi connectivity index (χ1) is 9.08. The second-order valence-corrected chi connectivity index (χ2v) is 5.06. The second-order valence-electron chi connectivity index (χ2n) is 5.06. The molecule has 1 unspecified atom stereocenters. The molecule has 100 valence electrons. The highest BCUT2D eigenvalue weighted by atomic mass is 16.1. The van der Waals surface area contributed by atoms with E-state index in [1.54, 1.807) is 12.4 Å². The molecule has 1 atom stereocenters. The van der Waals surface area contributed by atoms with Crippen molar-refractivity contribution in [1.29, 1.82) is 0 Å². The summed E-state index contributed by atoms with van der Waals surface area (Å²) in [5.41, 5.74) is 6.72. The Balaban J connectivity index is 2.15. The number of nitrogens with one attached hydrogen (secondary N) is 1. The molecule has 2 aromatic rings. The minimum Gasteiger partial charge on any atom is -0.327 e. The van der Waals surface area contributed by atoms with E-state index in [1.807, 2.05) is 38.1 Å². The van der Waals surface area contributed by atoms with Crippen molar-refractivity contribution in [3.63, 3.8) is 0 Å². The number of benzene rings is 1. The number of amides is 1. The average molecular weight is 257 g/mol. The van der Waals surface area contributed by atoms with E-state index in [0.717, 1.165) is 16.5 Å². The maximum Gasteiger partial charge on any atom is 0.225 e. The molecule has 0 aliphatic heterocycles. The largest absolute Gasteiger partial charge is 0.327 e. The van der Waals surface area contributed by atoms with Crippen LogP contribution in [-0.4, -0.2) is 16.9 Å². The van der Waals surface area contributed by atoms with Gasteiger partial charge >= 0.3 is 0 Å². The van der Waals surface area contributed by atoms with Gasteiger partial charge in [-0.05, 0) is 18.1 Å².